The van der Waals surface area contributed by atoms with E-state index in [1.807, 2.05) is 39.5 Å². The molecule has 2 amide bonds. The van der Waals surface area contributed by atoms with E-state index in [4.69, 9.17) is 4.74 Å². The van der Waals surface area contributed by atoms with E-state index in [2.05, 4.69) is 10.6 Å². The van der Waals surface area contributed by atoms with Gasteiger partial charge >= 0.3 is 6.09 Å². The number of nitrogens with one attached hydrogen (secondary N) is 2. The Kier molecular flexibility index (Phi) is 8.07. The van der Waals surface area contributed by atoms with Crippen LogP contribution in [0.5, 0.6) is 0 Å². The fourth-order valence-corrected chi connectivity index (χ4v) is 3.47. The monoisotopic (exact) mass is 330 g/mol. The molecule has 6 heteroatoms. The van der Waals surface area contributed by atoms with Gasteiger partial charge < -0.3 is 15.4 Å². The van der Waals surface area contributed by atoms with E-state index in [-0.39, 0.29) is 24.0 Å². The van der Waals surface area contributed by atoms with Crippen LogP contribution in [0.3, 0.4) is 0 Å². The lowest BCUT2D eigenvalue weighted by molar-refractivity contribution is -0.124. The lowest BCUT2D eigenvalue weighted by atomic mass is 10.1. The van der Waals surface area contributed by atoms with E-state index in [0.717, 1.165) is 43.7 Å². The van der Waals surface area contributed by atoms with Crippen LogP contribution < -0.4 is 10.6 Å². The molecule has 1 fully saturated rings. The summed E-state index contributed by atoms with van der Waals surface area (Å²) < 4.78 is 5.22. The molecule has 1 rings (SSSR count). The van der Waals surface area contributed by atoms with Crippen LogP contribution >= 0.6 is 11.8 Å². The number of amides is 2. The normalized spacial score (nSPS) is 19.5. The molecule has 1 aliphatic rings. The smallest absolute Gasteiger partial charge is 0.407 e. The van der Waals surface area contributed by atoms with Crippen molar-refractivity contribution in [3.8, 4) is 0 Å². The zero-order valence-corrected chi connectivity index (χ0v) is 15.1. The SMILES string of the molecule is C[C@H](CCCCNC(=O)[C@@H]1CCSC1)NC(=O)OC(C)(C)C. The van der Waals surface area contributed by atoms with Gasteiger partial charge in [0.2, 0.25) is 5.91 Å². The minimum absolute atomic E-state index is 0.0804. The molecule has 2 N–H and O–H groups in total. The van der Waals surface area contributed by atoms with E-state index < -0.39 is 5.60 Å². The molecule has 0 saturated carbocycles. The van der Waals surface area contributed by atoms with Crippen LogP contribution in [0.25, 0.3) is 0 Å². The van der Waals surface area contributed by atoms with Gasteiger partial charge in [-0.25, -0.2) is 4.79 Å². The molecule has 5 nitrogen and oxygen atoms in total. The second kappa shape index (κ2) is 9.28. The van der Waals surface area contributed by atoms with Crippen LogP contribution in [0.15, 0.2) is 0 Å². The van der Waals surface area contributed by atoms with Crippen molar-refractivity contribution < 1.29 is 14.3 Å². The Labute approximate surface area is 138 Å². The maximum Gasteiger partial charge on any atom is 0.407 e. The van der Waals surface area contributed by atoms with Crippen LogP contribution in [0.4, 0.5) is 4.79 Å². The zero-order valence-electron chi connectivity index (χ0n) is 14.2. The Morgan fingerprint density at radius 1 is 1.32 bits per heavy atom. The van der Waals surface area contributed by atoms with Crippen molar-refractivity contribution in [2.24, 2.45) is 5.92 Å². The number of hydrogen-bond acceptors (Lipinski definition) is 4. The molecule has 0 unspecified atom stereocenters. The first-order chi connectivity index (χ1) is 10.3. The third-order valence-corrected chi connectivity index (χ3v) is 4.59. The number of unbranched alkanes of at least 4 members (excludes halogenated alkanes) is 1. The number of thioether (sulfide) groups is 1. The summed E-state index contributed by atoms with van der Waals surface area (Å²) in [5.74, 6) is 2.47. The van der Waals surface area contributed by atoms with Crippen molar-refractivity contribution in [3.05, 3.63) is 0 Å². The van der Waals surface area contributed by atoms with E-state index in [9.17, 15) is 9.59 Å². The Bertz CT molecular complexity index is 363. The highest BCUT2D eigenvalue weighted by Gasteiger charge is 2.22. The minimum atomic E-state index is -0.466. The topological polar surface area (TPSA) is 67.4 Å². The van der Waals surface area contributed by atoms with Crippen molar-refractivity contribution in [1.82, 2.24) is 10.6 Å². The fraction of sp³-hybridized carbons (Fsp3) is 0.875. The summed E-state index contributed by atoms with van der Waals surface area (Å²) in [6.07, 6.45) is 3.43. The zero-order chi connectivity index (χ0) is 16.6. The first-order valence-electron chi connectivity index (χ1n) is 8.13. The summed E-state index contributed by atoms with van der Waals surface area (Å²) in [6, 6.07) is 0.0804. The van der Waals surface area contributed by atoms with Gasteiger partial charge in [0.1, 0.15) is 5.60 Å². The Morgan fingerprint density at radius 3 is 2.64 bits per heavy atom. The molecule has 128 valence electrons. The van der Waals surface area contributed by atoms with Crippen LogP contribution in [0, 0.1) is 5.92 Å². The van der Waals surface area contributed by atoms with Crippen molar-refractivity contribution in [3.63, 3.8) is 0 Å². The van der Waals surface area contributed by atoms with E-state index in [1.54, 1.807) is 0 Å². The lowest BCUT2D eigenvalue weighted by Crippen LogP contribution is -2.37. The molecule has 0 aromatic rings. The molecule has 22 heavy (non-hydrogen) atoms. The summed E-state index contributed by atoms with van der Waals surface area (Å²) >= 11 is 1.85. The van der Waals surface area contributed by atoms with E-state index >= 15 is 0 Å². The van der Waals surface area contributed by atoms with Gasteiger partial charge in [-0.1, -0.05) is 0 Å². The third-order valence-electron chi connectivity index (χ3n) is 3.43. The summed E-state index contributed by atoms with van der Waals surface area (Å²) in [4.78, 5) is 23.4. The molecule has 0 aliphatic carbocycles. The van der Waals surface area contributed by atoms with Crippen molar-refractivity contribution in [2.75, 3.05) is 18.1 Å². The lowest BCUT2D eigenvalue weighted by Gasteiger charge is -2.22. The highest BCUT2D eigenvalue weighted by Crippen LogP contribution is 2.23. The molecular weight excluding hydrogens is 300 g/mol. The molecule has 1 heterocycles. The molecule has 1 saturated heterocycles. The highest BCUT2D eigenvalue weighted by molar-refractivity contribution is 7.99. The molecular formula is C16H30N2O3S. The van der Waals surface area contributed by atoms with Gasteiger partial charge in [-0.3, -0.25) is 4.79 Å². The number of ether oxygens (including phenoxy) is 1. The standard InChI is InChI=1S/C16H30N2O3S/c1-12(18-15(20)21-16(2,3)4)7-5-6-9-17-14(19)13-8-10-22-11-13/h12-13H,5-11H2,1-4H3,(H,17,19)(H,18,20)/t12-,13-/m1/s1. The Hall–Kier alpha value is -0.910. The minimum Gasteiger partial charge on any atom is -0.444 e. The summed E-state index contributed by atoms with van der Waals surface area (Å²) in [5.41, 5.74) is -0.466. The molecule has 0 radical (unpaired) electrons. The number of hydrogen-bond donors (Lipinski definition) is 2. The maximum absolute atomic E-state index is 11.8. The van der Waals surface area contributed by atoms with E-state index in [1.165, 1.54) is 0 Å². The van der Waals surface area contributed by atoms with Gasteiger partial charge in [-0.05, 0) is 59.1 Å². The average molecular weight is 330 g/mol. The van der Waals surface area contributed by atoms with Gasteiger partial charge in [0.15, 0.2) is 0 Å². The van der Waals surface area contributed by atoms with Gasteiger partial charge in [0, 0.05) is 24.3 Å². The number of carbonyl (C=O) groups excluding carboxylic acids is 2. The summed E-state index contributed by atoms with van der Waals surface area (Å²) in [5, 5.41) is 5.84. The number of alkyl carbamates (subject to hydrolysis) is 1. The van der Waals surface area contributed by atoms with Gasteiger partial charge in [0.05, 0.1) is 0 Å². The van der Waals surface area contributed by atoms with Crippen LogP contribution in [0.2, 0.25) is 0 Å². The van der Waals surface area contributed by atoms with Crippen LogP contribution in [-0.2, 0) is 9.53 Å². The number of carbonyl (C=O) groups is 2. The van der Waals surface area contributed by atoms with Gasteiger partial charge in [-0.2, -0.15) is 11.8 Å². The maximum atomic E-state index is 11.8. The largest absolute Gasteiger partial charge is 0.444 e. The summed E-state index contributed by atoms with van der Waals surface area (Å²) in [7, 11) is 0. The molecule has 0 spiro atoms. The second-order valence-electron chi connectivity index (χ2n) is 6.89. The van der Waals surface area contributed by atoms with Crippen molar-refractivity contribution in [1.29, 1.82) is 0 Å². The predicted octanol–water partition coefficient (Wildman–Crippen LogP) is 2.94. The molecule has 2 atom stereocenters. The van der Waals surface area contributed by atoms with Crippen LogP contribution in [-0.4, -0.2) is 41.7 Å². The second-order valence-corrected chi connectivity index (χ2v) is 8.04. The first-order valence-corrected chi connectivity index (χ1v) is 9.28. The predicted molar refractivity (Wildman–Crippen MR) is 91.1 cm³/mol. The Morgan fingerprint density at radius 2 is 2.05 bits per heavy atom. The quantitative estimate of drug-likeness (QED) is 0.704. The Balaban J connectivity index is 2.03. The summed E-state index contributed by atoms with van der Waals surface area (Å²) in [6.45, 7) is 8.24. The molecule has 0 aromatic heterocycles. The third kappa shape index (κ3) is 8.51. The molecule has 0 bridgehead atoms. The first kappa shape index (κ1) is 19.1. The van der Waals surface area contributed by atoms with Gasteiger partial charge in [-0.15, -0.1) is 0 Å². The average Bonchev–Trinajstić information content (AvgIpc) is 2.89. The van der Waals surface area contributed by atoms with Crippen molar-refractivity contribution >= 4 is 23.8 Å². The van der Waals surface area contributed by atoms with Crippen molar-refractivity contribution in [2.45, 2.75) is 65.0 Å². The molecule has 0 aromatic carbocycles. The van der Waals surface area contributed by atoms with Crippen LogP contribution in [0.1, 0.15) is 53.4 Å². The number of rotatable bonds is 7. The fourth-order valence-electron chi connectivity index (χ4n) is 2.25. The van der Waals surface area contributed by atoms with E-state index in [0.29, 0.717) is 0 Å². The van der Waals surface area contributed by atoms with Gasteiger partial charge in [0.25, 0.3) is 0 Å². The highest BCUT2D eigenvalue weighted by atomic mass is 32.2. The molecule has 1 aliphatic heterocycles.